The molecular weight excluding hydrogens is 198 g/mol. The first-order chi connectivity index (χ1) is 7.45. The zero-order chi connectivity index (χ0) is 12.2. The molecule has 2 nitrogen and oxygen atoms in total. The van der Waals surface area contributed by atoms with Crippen molar-refractivity contribution in [2.24, 2.45) is 11.3 Å². The Morgan fingerprint density at radius 3 is 2.25 bits per heavy atom. The Morgan fingerprint density at radius 1 is 1.25 bits per heavy atom. The lowest BCUT2D eigenvalue weighted by atomic mass is 9.76. The van der Waals surface area contributed by atoms with Gasteiger partial charge in [-0.1, -0.05) is 51.1 Å². The van der Waals surface area contributed by atoms with Gasteiger partial charge in [-0.15, -0.1) is 0 Å². The fourth-order valence-electron chi connectivity index (χ4n) is 1.82. The van der Waals surface area contributed by atoms with Crippen LogP contribution in [-0.4, -0.2) is 13.0 Å². The highest BCUT2D eigenvalue weighted by atomic mass is 16.1. The van der Waals surface area contributed by atoms with Gasteiger partial charge in [-0.3, -0.25) is 4.79 Å². The molecule has 1 atom stereocenters. The van der Waals surface area contributed by atoms with Crippen molar-refractivity contribution < 1.29 is 4.79 Å². The minimum Gasteiger partial charge on any atom is -0.359 e. The van der Waals surface area contributed by atoms with E-state index >= 15 is 0 Å². The second-order valence-electron chi connectivity index (χ2n) is 5.22. The predicted octanol–water partition coefficient (Wildman–Crippen LogP) is 2.64. The van der Waals surface area contributed by atoms with Gasteiger partial charge in [0, 0.05) is 13.0 Å². The van der Waals surface area contributed by atoms with Gasteiger partial charge in [0.15, 0.2) is 0 Å². The first kappa shape index (κ1) is 12.8. The fourth-order valence-corrected chi connectivity index (χ4v) is 1.82. The summed E-state index contributed by atoms with van der Waals surface area (Å²) >= 11 is 0. The lowest BCUT2D eigenvalue weighted by Gasteiger charge is -2.29. The Kier molecular flexibility index (Phi) is 4.11. The molecule has 0 saturated heterocycles. The van der Waals surface area contributed by atoms with Crippen LogP contribution < -0.4 is 5.32 Å². The van der Waals surface area contributed by atoms with Crippen molar-refractivity contribution in [3.8, 4) is 0 Å². The first-order valence-electron chi connectivity index (χ1n) is 5.70. The smallest absolute Gasteiger partial charge is 0.223 e. The number of hydrogen-bond donors (Lipinski definition) is 1. The predicted molar refractivity (Wildman–Crippen MR) is 67.2 cm³/mol. The Labute approximate surface area is 98.1 Å². The molecule has 0 fully saturated rings. The van der Waals surface area contributed by atoms with Crippen LogP contribution in [-0.2, 0) is 11.2 Å². The van der Waals surface area contributed by atoms with Crippen molar-refractivity contribution in [3.63, 3.8) is 0 Å². The molecule has 0 saturated carbocycles. The van der Waals surface area contributed by atoms with Crippen molar-refractivity contribution in [1.82, 2.24) is 5.32 Å². The zero-order valence-electron chi connectivity index (χ0n) is 10.6. The van der Waals surface area contributed by atoms with Crippen LogP contribution >= 0.6 is 0 Å². The quantitative estimate of drug-likeness (QED) is 0.832. The minimum absolute atomic E-state index is 0.0138. The van der Waals surface area contributed by atoms with Crippen LogP contribution in [0.5, 0.6) is 0 Å². The molecule has 1 rings (SSSR count). The van der Waals surface area contributed by atoms with E-state index in [1.165, 1.54) is 5.56 Å². The SMILES string of the molecule is CNC(=O)C(Cc1ccccc1)C(C)(C)C. The van der Waals surface area contributed by atoms with E-state index in [4.69, 9.17) is 0 Å². The Morgan fingerprint density at radius 2 is 1.81 bits per heavy atom. The molecule has 0 spiro atoms. The average molecular weight is 219 g/mol. The Hall–Kier alpha value is -1.31. The van der Waals surface area contributed by atoms with Crippen molar-refractivity contribution in [3.05, 3.63) is 35.9 Å². The molecule has 1 amide bonds. The van der Waals surface area contributed by atoms with Crippen molar-refractivity contribution >= 4 is 5.91 Å². The maximum Gasteiger partial charge on any atom is 0.223 e. The van der Waals surface area contributed by atoms with Gasteiger partial charge >= 0.3 is 0 Å². The molecule has 0 radical (unpaired) electrons. The van der Waals surface area contributed by atoms with Gasteiger partial charge in [0.25, 0.3) is 0 Å². The number of benzene rings is 1. The van der Waals surface area contributed by atoms with Crippen LogP contribution in [0, 0.1) is 11.3 Å². The number of nitrogens with one attached hydrogen (secondary N) is 1. The lowest BCUT2D eigenvalue weighted by Crippen LogP contribution is -2.37. The molecule has 0 aliphatic carbocycles. The van der Waals surface area contributed by atoms with Crippen molar-refractivity contribution in [1.29, 1.82) is 0 Å². The standard InChI is InChI=1S/C14H21NO/c1-14(2,3)12(13(16)15-4)10-11-8-6-5-7-9-11/h5-9,12H,10H2,1-4H3,(H,15,16). The topological polar surface area (TPSA) is 29.1 Å². The van der Waals surface area contributed by atoms with E-state index in [1.54, 1.807) is 7.05 Å². The third kappa shape index (κ3) is 3.37. The first-order valence-corrected chi connectivity index (χ1v) is 5.70. The summed E-state index contributed by atoms with van der Waals surface area (Å²) in [4.78, 5) is 11.9. The number of rotatable bonds is 3. The molecule has 16 heavy (non-hydrogen) atoms. The highest BCUT2D eigenvalue weighted by molar-refractivity contribution is 5.79. The van der Waals surface area contributed by atoms with Crippen LogP contribution in [0.25, 0.3) is 0 Å². The largest absolute Gasteiger partial charge is 0.359 e. The van der Waals surface area contributed by atoms with Gasteiger partial charge in [0.2, 0.25) is 5.91 Å². The molecule has 1 aromatic carbocycles. The summed E-state index contributed by atoms with van der Waals surface area (Å²) in [5.41, 5.74) is 1.20. The number of hydrogen-bond acceptors (Lipinski definition) is 1. The van der Waals surface area contributed by atoms with E-state index in [1.807, 2.05) is 18.2 Å². The Balaban J connectivity index is 2.84. The molecule has 1 unspecified atom stereocenters. The summed E-state index contributed by atoms with van der Waals surface area (Å²) < 4.78 is 0. The summed E-state index contributed by atoms with van der Waals surface area (Å²) in [6, 6.07) is 10.2. The third-order valence-electron chi connectivity index (χ3n) is 2.89. The van der Waals surface area contributed by atoms with Gasteiger partial charge in [-0.05, 0) is 17.4 Å². The second kappa shape index (κ2) is 5.15. The van der Waals surface area contributed by atoms with Crippen LogP contribution in [0.2, 0.25) is 0 Å². The number of carbonyl (C=O) groups excluding carboxylic acids is 1. The van der Waals surface area contributed by atoms with Gasteiger partial charge in [-0.2, -0.15) is 0 Å². The second-order valence-corrected chi connectivity index (χ2v) is 5.22. The third-order valence-corrected chi connectivity index (χ3v) is 2.89. The van der Waals surface area contributed by atoms with Crippen LogP contribution in [0.1, 0.15) is 26.3 Å². The molecular formula is C14H21NO. The minimum atomic E-state index is -0.0179. The molecule has 1 aromatic rings. The van der Waals surface area contributed by atoms with E-state index in [-0.39, 0.29) is 17.2 Å². The molecule has 0 aliphatic rings. The normalized spacial score (nSPS) is 13.2. The van der Waals surface area contributed by atoms with Crippen LogP contribution in [0.3, 0.4) is 0 Å². The monoisotopic (exact) mass is 219 g/mol. The van der Waals surface area contributed by atoms with E-state index in [0.29, 0.717) is 0 Å². The summed E-state index contributed by atoms with van der Waals surface area (Å²) in [5, 5.41) is 2.75. The number of carbonyl (C=O) groups is 1. The van der Waals surface area contributed by atoms with Gasteiger partial charge in [0.05, 0.1) is 0 Å². The molecule has 0 aliphatic heterocycles. The zero-order valence-corrected chi connectivity index (χ0v) is 10.6. The van der Waals surface area contributed by atoms with E-state index in [0.717, 1.165) is 6.42 Å². The van der Waals surface area contributed by atoms with Crippen LogP contribution in [0.4, 0.5) is 0 Å². The molecule has 0 bridgehead atoms. The molecule has 0 aromatic heterocycles. The Bertz CT molecular complexity index is 338. The van der Waals surface area contributed by atoms with E-state index < -0.39 is 0 Å². The van der Waals surface area contributed by atoms with Crippen LogP contribution in [0.15, 0.2) is 30.3 Å². The molecule has 2 heteroatoms. The highest BCUT2D eigenvalue weighted by Crippen LogP contribution is 2.29. The van der Waals surface area contributed by atoms with Gasteiger partial charge < -0.3 is 5.32 Å². The number of amides is 1. The average Bonchev–Trinajstić information content (AvgIpc) is 2.25. The van der Waals surface area contributed by atoms with E-state index in [2.05, 4.69) is 38.2 Å². The summed E-state index contributed by atoms with van der Waals surface area (Å²) in [6.45, 7) is 6.32. The van der Waals surface area contributed by atoms with Crippen molar-refractivity contribution in [2.75, 3.05) is 7.05 Å². The van der Waals surface area contributed by atoms with Gasteiger partial charge in [-0.25, -0.2) is 0 Å². The summed E-state index contributed by atoms with van der Waals surface area (Å²) in [6.07, 6.45) is 0.796. The maximum absolute atomic E-state index is 11.9. The van der Waals surface area contributed by atoms with E-state index in [9.17, 15) is 4.79 Å². The molecule has 88 valence electrons. The highest BCUT2D eigenvalue weighted by Gasteiger charge is 2.30. The maximum atomic E-state index is 11.9. The summed E-state index contributed by atoms with van der Waals surface area (Å²) in [7, 11) is 1.70. The molecule has 0 heterocycles. The lowest BCUT2D eigenvalue weighted by molar-refractivity contribution is -0.127. The fraction of sp³-hybridized carbons (Fsp3) is 0.500. The van der Waals surface area contributed by atoms with Crippen molar-refractivity contribution in [2.45, 2.75) is 27.2 Å². The van der Waals surface area contributed by atoms with Gasteiger partial charge in [0.1, 0.15) is 0 Å². The summed E-state index contributed by atoms with van der Waals surface area (Å²) in [5.74, 6) is 0.135. The molecule has 1 N–H and O–H groups in total.